The third-order valence-corrected chi connectivity index (χ3v) is 5.13. The standard InChI is InChI=1S/C20H23N5O/c1-14-4-5-15(2)19(12-14)24-8-10-25(11-9-24)20(26)16-6-7-18-17(13-16)21-22-23(18)3/h4-7,12-13H,8-11H2,1-3H3. The van der Waals surface area contributed by atoms with Gasteiger partial charge in [-0.1, -0.05) is 17.3 Å². The largest absolute Gasteiger partial charge is 0.368 e. The topological polar surface area (TPSA) is 54.3 Å². The molecular weight excluding hydrogens is 326 g/mol. The molecule has 0 spiro atoms. The molecule has 2 aromatic carbocycles. The third-order valence-electron chi connectivity index (χ3n) is 5.13. The summed E-state index contributed by atoms with van der Waals surface area (Å²) in [5, 5.41) is 8.11. The molecule has 134 valence electrons. The molecule has 6 heteroatoms. The van der Waals surface area contributed by atoms with Crippen LogP contribution in [0.15, 0.2) is 36.4 Å². The molecule has 0 bridgehead atoms. The van der Waals surface area contributed by atoms with Crippen molar-refractivity contribution in [3.05, 3.63) is 53.1 Å². The molecule has 4 rings (SSSR count). The molecule has 1 aliphatic heterocycles. The fraction of sp³-hybridized carbons (Fsp3) is 0.350. The number of fused-ring (bicyclic) bond motifs is 1. The minimum Gasteiger partial charge on any atom is -0.368 e. The quantitative estimate of drug-likeness (QED) is 0.713. The van der Waals surface area contributed by atoms with Gasteiger partial charge < -0.3 is 9.80 Å². The Morgan fingerprint density at radius 2 is 1.77 bits per heavy atom. The highest BCUT2D eigenvalue weighted by molar-refractivity contribution is 5.97. The molecule has 0 N–H and O–H groups in total. The van der Waals surface area contributed by atoms with Crippen LogP contribution in [0.4, 0.5) is 5.69 Å². The summed E-state index contributed by atoms with van der Waals surface area (Å²) in [4.78, 5) is 17.2. The summed E-state index contributed by atoms with van der Waals surface area (Å²) in [5.41, 5.74) is 6.19. The molecule has 1 fully saturated rings. The van der Waals surface area contributed by atoms with Gasteiger partial charge in [0, 0.05) is 44.5 Å². The lowest BCUT2D eigenvalue weighted by Gasteiger charge is -2.37. The van der Waals surface area contributed by atoms with E-state index in [2.05, 4.69) is 47.3 Å². The number of aryl methyl sites for hydroxylation is 3. The summed E-state index contributed by atoms with van der Waals surface area (Å²) in [6.07, 6.45) is 0. The first kappa shape index (κ1) is 16.6. The van der Waals surface area contributed by atoms with Gasteiger partial charge in [0.1, 0.15) is 5.52 Å². The van der Waals surface area contributed by atoms with E-state index in [1.54, 1.807) is 4.68 Å². The van der Waals surface area contributed by atoms with E-state index >= 15 is 0 Å². The highest BCUT2D eigenvalue weighted by atomic mass is 16.2. The lowest BCUT2D eigenvalue weighted by atomic mass is 10.1. The maximum atomic E-state index is 12.9. The van der Waals surface area contributed by atoms with Crippen LogP contribution in [-0.2, 0) is 7.05 Å². The first-order chi connectivity index (χ1) is 12.5. The van der Waals surface area contributed by atoms with Gasteiger partial charge in [0.15, 0.2) is 0 Å². The summed E-state index contributed by atoms with van der Waals surface area (Å²) >= 11 is 0. The van der Waals surface area contributed by atoms with Gasteiger partial charge in [0.25, 0.3) is 5.91 Å². The second-order valence-corrected chi connectivity index (χ2v) is 6.99. The monoisotopic (exact) mass is 349 g/mol. The van der Waals surface area contributed by atoms with Crippen molar-refractivity contribution < 1.29 is 4.79 Å². The van der Waals surface area contributed by atoms with E-state index in [0.29, 0.717) is 5.56 Å². The molecule has 0 unspecified atom stereocenters. The van der Waals surface area contributed by atoms with Gasteiger partial charge in [-0.05, 0) is 49.2 Å². The molecule has 26 heavy (non-hydrogen) atoms. The third kappa shape index (κ3) is 2.92. The van der Waals surface area contributed by atoms with E-state index in [1.165, 1.54) is 16.8 Å². The first-order valence-corrected chi connectivity index (χ1v) is 8.94. The Kier molecular flexibility index (Phi) is 4.11. The maximum Gasteiger partial charge on any atom is 0.254 e. The van der Waals surface area contributed by atoms with E-state index < -0.39 is 0 Å². The van der Waals surface area contributed by atoms with Crippen LogP contribution in [-0.4, -0.2) is 52.0 Å². The molecule has 3 aromatic rings. The average Bonchev–Trinajstić information content (AvgIpc) is 3.04. The zero-order valence-corrected chi connectivity index (χ0v) is 15.4. The average molecular weight is 349 g/mol. The lowest BCUT2D eigenvalue weighted by molar-refractivity contribution is 0.0747. The highest BCUT2D eigenvalue weighted by Crippen LogP contribution is 2.23. The van der Waals surface area contributed by atoms with Gasteiger partial charge in [0.2, 0.25) is 0 Å². The number of hydrogen-bond donors (Lipinski definition) is 0. The van der Waals surface area contributed by atoms with E-state index in [1.807, 2.05) is 30.1 Å². The Morgan fingerprint density at radius 3 is 2.54 bits per heavy atom. The number of piperazine rings is 1. The van der Waals surface area contributed by atoms with E-state index in [4.69, 9.17) is 0 Å². The Balaban J connectivity index is 1.48. The Hall–Kier alpha value is -2.89. The second-order valence-electron chi connectivity index (χ2n) is 6.99. The fourth-order valence-corrected chi connectivity index (χ4v) is 3.57. The van der Waals surface area contributed by atoms with Crippen LogP contribution in [0, 0.1) is 13.8 Å². The van der Waals surface area contributed by atoms with Crippen LogP contribution < -0.4 is 4.90 Å². The number of hydrogen-bond acceptors (Lipinski definition) is 4. The number of nitrogens with zero attached hydrogens (tertiary/aromatic N) is 5. The number of rotatable bonds is 2. The number of carbonyl (C=O) groups is 1. The van der Waals surface area contributed by atoms with Gasteiger partial charge in [-0.2, -0.15) is 0 Å². The van der Waals surface area contributed by atoms with Crippen molar-refractivity contribution in [1.82, 2.24) is 19.9 Å². The molecule has 0 saturated carbocycles. The van der Waals surface area contributed by atoms with Crippen LogP contribution >= 0.6 is 0 Å². The van der Waals surface area contributed by atoms with Crippen molar-refractivity contribution in [2.24, 2.45) is 7.05 Å². The van der Waals surface area contributed by atoms with Gasteiger partial charge >= 0.3 is 0 Å². The smallest absolute Gasteiger partial charge is 0.254 e. The Morgan fingerprint density at radius 1 is 1.00 bits per heavy atom. The second kappa shape index (κ2) is 6.44. The summed E-state index contributed by atoms with van der Waals surface area (Å²) in [5.74, 6) is 0.0677. The van der Waals surface area contributed by atoms with Crippen molar-refractivity contribution >= 4 is 22.6 Å². The molecule has 1 aromatic heterocycles. The van der Waals surface area contributed by atoms with Crippen molar-refractivity contribution in [3.8, 4) is 0 Å². The van der Waals surface area contributed by atoms with Crippen molar-refractivity contribution in [3.63, 3.8) is 0 Å². The molecule has 0 aliphatic carbocycles. The predicted molar refractivity (Wildman–Crippen MR) is 103 cm³/mol. The Labute approximate surface area is 153 Å². The van der Waals surface area contributed by atoms with E-state index in [-0.39, 0.29) is 5.91 Å². The molecule has 1 aliphatic rings. The minimum atomic E-state index is 0.0677. The lowest BCUT2D eigenvalue weighted by Crippen LogP contribution is -2.49. The highest BCUT2D eigenvalue weighted by Gasteiger charge is 2.23. The SMILES string of the molecule is Cc1ccc(C)c(N2CCN(C(=O)c3ccc4c(c3)nnn4C)CC2)c1. The first-order valence-electron chi connectivity index (χ1n) is 8.94. The molecule has 2 heterocycles. The number of carbonyl (C=O) groups excluding carboxylic acids is 1. The van der Waals surface area contributed by atoms with Gasteiger partial charge in [-0.3, -0.25) is 4.79 Å². The molecular formula is C20H23N5O. The minimum absolute atomic E-state index is 0.0677. The number of amides is 1. The number of anilines is 1. The molecule has 6 nitrogen and oxygen atoms in total. The van der Waals surface area contributed by atoms with Crippen LogP contribution in [0.1, 0.15) is 21.5 Å². The fourth-order valence-electron chi connectivity index (χ4n) is 3.57. The molecule has 1 amide bonds. The Bertz CT molecular complexity index is 969. The summed E-state index contributed by atoms with van der Waals surface area (Å²) in [6, 6.07) is 12.1. The van der Waals surface area contributed by atoms with Crippen molar-refractivity contribution in [2.75, 3.05) is 31.1 Å². The van der Waals surface area contributed by atoms with Gasteiger partial charge in [0.05, 0.1) is 5.52 Å². The molecule has 1 saturated heterocycles. The maximum absolute atomic E-state index is 12.9. The van der Waals surface area contributed by atoms with Crippen LogP contribution in [0.25, 0.3) is 11.0 Å². The number of aromatic nitrogens is 3. The van der Waals surface area contributed by atoms with E-state index in [0.717, 1.165) is 37.2 Å². The molecule has 0 atom stereocenters. The summed E-state index contributed by atoms with van der Waals surface area (Å²) in [7, 11) is 1.85. The van der Waals surface area contributed by atoms with Crippen molar-refractivity contribution in [1.29, 1.82) is 0 Å². The van der Waals surface area contributed by atoms with E-state index in [9.17, 15) is 4.79 Å². The normalized spacial score (nSPS) is 14.9. The molecule has 0 radical (unpaired) electrons. The zero-order valence-electron chi connectivity index (χ0n) is 15.4. The number of benzene rings is 2. The predicted octanol–water partition coefficient (Wildman–Crippen LogP) is 2.55. The summed E-state index contributed by atoms with van der Waals surface area (Å²) in [6.45, 7) is 7.41. The van der Waals surface area contributed by atoms with Crippen LogP contribution in [0.5, 0.6) is 0 Å². The van der Waals surface area contributed by atoms with Crippen LogP contribution in [0.2, 0.25) is 0 Å². The van der Waals surface area contributed by atoms with Gasteiger partial charge in [-0.25, -0.2) is 4.68 Å². The zero-order chi connectivity index (χ0) is 18.3. The summed E-state index contributed by atoms with van der Waals surface area (Å²) < 4.78 is 1.71. The van der Waals surface area contributed by atoms with Gasteiger partial charge in [-0.15, -0.1) is 5.10 Å². The van der Waals surface area contributed by atoms with Crippen LogP contribution in [0.3, 0.4) is 0 Å². The van der Waals surface area contributed by atoms with Crippen molar-refractivity contribution in [2.45, 2.75) is 13.8 Å².